The van der Waals surface area contributed by atoms with Gasteiger partial charge >= 0.3 is 0 Å². The normalized spacial score (nSPS) is 13.7. The molecule has 1 unspecified atom stereocenters. The van der Waals surface area contributed by atoms with Gasteiger partial charge in [-0.05, 0) is 50.8 Å². The summed E-state index contributed by atoms with van der Waals surface area (Å²) in [6.45, 7) is 6.26. The Labute approximate surface area is 118 Å². The minimum Gasteiger partial charge on any atom is -0.379 e. The number of nitrogens with two attached hydrogens (primary N) is 1. The van der Waals surface area contributed by atoms with E-state index in [2.05, 4.69) is 60.3 Å². The molecule has 0 fully saturated rings. The van der Waals surface area contributed by atoms with E-state index in [9.17, 15) is 0 Å². The fourth-order valence-corrected chi connectivity index (χ4v) is 2.07. The molecule has 1 atom stereocenters. The topological polar surface area (TPSA) is 47.3 Å². The summed E-state index contributed by atoms with van der Waals surface area (Å²) in [6, 6.07) is 6.48. The highest BCUT2D eigenvalue weighted by Gasteiger charge is 2.19. The van der Waals surface area contributed by atoms with Crippen LogP contribution in [0.2, 0.25) is 0 Å². The Bertz CT molecular complexity index is 393. The lowest BCUT2D eigenvalue weighted by atomic mass is 9.94. The Morgan fingerprint density at radius 2 is 2.11 bits per heavy atom. The molecular formula is C14H23BrN2O. The number of ether oxygens (including phenoxy) is 1. The number of hydrogen-bond acceptors (Lipinski definition) is 3. The van der Waals surface area contributed by atoms with E-state index in [0.29, 0.717) is 0 Å². The van der Waals surface area contributed by atoms with Crippen molar-refractivity contribution in [2.45, 2.75) is 45.3 Å². The van der Waals surface area contributed by atoms with Gasteiger partial charge in [-0.25, -0.2) is 0 Å². The average Bonchev–Trinajstić information content (AvgIpc) is 2.34. The third kappa shape index (κ3) is 4.35. The van der Waals surface area contributed by atoms with Crippen molar-refractivity contribution in [1.29, 1.82) is 0 Å². The first-order valence-electron chi connectivity index (χ1n) is 6.17. The van der Waals surface area contributed by atoms with Crippen molar-refractivity contribution in [3.63, 3.8) is 0 Å². The zero-order chi connectivity index (χ0) is 13.8. The molecule has 3 N–H and O–H groups in total. The molecule has 3 nitrogen and oxygen atoms in total. The third-order valence-electron chi connectivity index (χ3n) is 3.37. The van der Waals surface area contributed by atoms with Gasteiger partial charge in [0.2, 0.25) is 0 Å². The predicted molar refractivity (Wildman–Crippen MR) is 79.3 cm³/mol. The van der Waals surface area contributed by atoms with Crippen molar-refractivity contribution in [1.82, 2.24) is 5.43 Å². The predicted octanol–water partition coefficient (Wildman–Crippen LogP) is 3.47. The number of aryl methyl sites for hydroxylation is 1. The van der Waals surface area contributed by atoms with Gasteiger partial charge in [-0.3, -0.25) is 11.3 Å². The van der Waals surface area contributed by atoms with Gasteiger partial charge in [0, 0.05) is 17.6 Å². The smallest absolute Gasteiger partial charge is 0.0623 e. The highest BCUT2D eigenvalue weighted by molar-refractivity contribution is 9.10. The number of halogens is 1. The van der Waals surface area contributed by atoms with Gasteiger partial charge in [-0.1, -0.05) is 28.1 Å². The van der Waals surface area contributed by atoms with Gasteiger partial charge in [-0.15, -0.1) is 0 Å². The summed E-state index contributed by atoms with van der Waals surface area (Å²) < 4.78 is 6.56. The lowest BCUT2D eigenvalue weighted by Crippen LogP contribution is -2.31. The molecule has 0 radical (unpaired) electrons. The molecule has 0 aliphatic heterocycles. The fourth-order valence-electron chi connectivity index (χ4n) is 1.82. The van der Waals surface area contributed by atoms with Crippen molar-refractivity contribution in [3.05, 3.63) is 33.8 Å². The number of benzene rings is 1. The van der Waals surface area contributed by atoms with E-state index in [1.165, 1.54) is 11.1 Å². The van der Waals surface area contributed by atoms with E-state index < -0.39 is 0 Å². The first-order valence-corrected chi connectivity index (χ1v) is 6.96. The molecule has 0 saturated carbocycles. The standard InChI is InChI=1S/C14H23BrN2O/c1-10-9-11(5-6-12(10)15)13(17-16)7-8-14(2,3)18-4/h5-6,9,13,17H,7-8,16H2,1-4H3. The first kappa shape index (κ1) is 15.6. The summed E-state index contributed by atoms with van der Waals surface area (Å²) in [5.74, 6) is 5.66. The van der Waals surface area contributed by atoms with Crippen LogP contribution >= 0.6 is 15.9 Å². The van der Waals surface area contributed by atoms with E-state index in [4.69, 9.17) is 10.6 Å². The summed E-state index contributed by atoms with van der Waals surface area (Å²) in [5, 5.41) is 0. The van der Waals surface area contributed by atoms with E-state index in [0.717, 1.165) is 17.3 Å². The lowest BCUT2D eigenvalue weighted by molar-refractivity contribution is 0.0117. The van der Waals surface area contributed by atoms with Gasteiger partial charge in [0.25, 0.3) is 0 Å². The van der Waals surface area contributed by atoms with Crippen LogP contribution in [0.1, 0.15) is 43.9 Å². The van der Waals surface area contributed by atoms with E-state index in [1.807, 2.05) is 0 Å². The van der Waals surface area contributed by atoms with Crippen molar-refractivity contribution in [3.8, 4) is 0 Å². The highest BCUT2D eigenvalue weighted by atomic mass is 79.9. The summed E-state index contributed by atoms with van der Waals surface area (Å²) in [5.41, 5.74) is 5.21. The van der Waals surface area contributed by atoms with Crippen molar-refractivity contribution < 1.29 is 4.74 Å². The summed E-state index contributed by atoms with van der Waals surface area (Å²) in [7, 11) is 1.74. The van der Waals surface area contributed by atoms with Crippen molar-refractivity contribution in [2.24, 2.45) is 5.84 Å². The average molecular weight is 315 g/mol. The molecule has 1 aromatic rings. The van der Waals surface area contributed by atoms with Gasteiger partial charge in [0.05, 0.1) is 5.60 Å². The maximum atomic E-state index is 5.66. The molecule has 4 heteroatoms. The van der Waals surface area contributed by atoms with Crippen LogP contribution in [-0.2, 0) is 4.74 Å². The van der Waals surface area contributed by atoms with Crippen LogP contribution in [0.3, 0.4) is 0 Å². The number of rotatable bonds is 6. The van der Waals surface area contributed by atoms with Gasteiger partial charge < -0.3 is 4.74 Å². The van der Waals surface area contributed by atoms with Crippen LogP contribution < -0.4 is 11.3 Å². The molecule has 0 amide bonds. The Balaban J connectivity index is 2.74. The van der Waals surface area contributed by atoms with Crippen LogP contribution in [0.15, 0.2) is 22.7 Å². The Kier molecular flexibility index (Phi) is 5.79. The zero-order valence-electron chi connectivity index (χ0n) is 11.6. The number of nitrogens with one attached hydrogen (secondary N) is 1. The van der Waals surface area contributed by atoms with Gasteiger partial charge in [0.1, 0.15) is 0 Å². The summed E-state index contributed by atoms with van der Waals surface area (Å²) in [4.78, 5) is 0. The Morgan fingerprint density at radius 1 is 1.44 bits per heavy atom. The van der Waals surface area contributed by atoms with Crippen LogP contribution in [0.25, 0.3) is 0 Å². The summed E-state index contributed by atoms with van der Waals surface area (Å²) in [6.07, 6.45) is 1.89. The quantitative estimate of drug-likeness (QED) is 0.624. The molecule has 0 aliphatic carbocycles. The third-order valence-corrected chi connectivity index (χ3v) is 4.26. The van der Waals surface area contributed by atoms with Crippen LogP contribution in [0.4, 0.5) is 0 Å². The maximum Gasteiger partial charge on any atom is 0.0623 e. The summed E-state index contributed by atoms with van der Waals surface area (Å²) >= 11 is 3.51. The molecule has 1 rings (SSSR count). The lowest BCUT2D eigenvalue weighted by Gasteiger charge is -2.26. The van der Waals surface area contributed by atoms with Gasteiger partial charge in [-0.2, -0.15) is 0 Å². The maximum absolute atomic E-state index is 5.66. The zero-order valence-corrected chi connectivity index (χ0v) is 13.2. The number of hydrogen-bond donors (Lipinski definition) is 2. The fraction of sp³-hybridized carbons (Fsp3) is 0.571. The minimum atomic E-state index is -0.112. The number of methoxy groups -OCH3 is 1. The van der Waals surface area contributed by atoms with E-state index in [-0.39, 0.29) is 11.6 Å². The SMILES string of the molecule is COC(C)(C)CCC(NN)c1ccc(Br)c(C)c1. The highest BCUT2D eigenvalue weighted by Crippen LogP contribution is 2.26. The first-order chi connectivity index (χ1) is 8.39. The molecule has 0 bridgehead atoms. The molecule has 0 aromatic heterocycles. The molecule has 102 valence electrons. The molecule has 1 aromatic carbocycles. The van der Waals surface area contributed by atoms with E-state index in [1.54, 1.807) is 7.11 Å². The van der Waals surface area contributed by atoms with Crippen LogP contribution in [-0.4, -0.2) is 12.7 Å². The Morgan fingerprint density at radius 3 is 2.61 bits per heavy atom. The molecule has 0 aliphatic rings. The molecule has 18 heavy (non-hydrogen) atoms. The van der Waals surface area contributed by atoms with E-state index >= 15 is 0 Å². The largest absolute Gasteiger partial charge is 0.379 e. The number of hydrazine groups is 1. The van der Waals surface area contributed by atoms with Crippen molar-refractivity contribution >= 4 is 15.9 Å². The Hall–Kier alpha value is -0.420. The van der Waals surface area contributed by atoms with Crippen LogP contribution in [0.5, 0.6) is 0 Å². The second-order valence-electron chi connectivity index (χ2n) is 5.23. The van der Waals surface area contributed by atoms with Crippen LogP contribution in [0, 0.1) is 6.92 Å². The monoisotopic (exact) mass is 314 g/mol. The second kappa shape index (κ2) is 6.66. The minimum absolute atomic E-state index is 0.112. The molecule has 0 heterocycles. The molecule has 0 saturated heterocycles. The van der Waals surface area contributed by atoms with Gasteiger partial charge in [0.15, 0.2) is 0 Å². The second-order valence-corrected chi connectivity index (χ2v) is 6.08. The van der Waals surface area contributed by atoms with Crippen molar-refractivity contribution in [2.75, 3.05) is 7.11 Å². The molecular weight excluding hydrogens is 292 g/mol. The molecule has 0 spiro atoms.